The Morgan fingerprint density at radius 3 is 2.65 bits per heavy atom. The maximum absolute atomic E-state index is 11.9. The number of furan rings is 1. The fourth-order valence-electron chi connectivity index (χ4n) is 1.63. The van der Waals surface area contributed by atoms with Gasteiger partial charge in [-0.2, -0.15) is 0 Å². The molecule has 2 rings (SSSR count). The van der Waals surface area contributed by atoms with E-state index in [1.54, 1.807) is 6.07 Å². The lowest BCUT2D eigenvalue weighted by atomic mass is 9.88. The van der Waals surface area contributed by atoms with Gasteiger partial charge >= 0.3 is 0 Å². The van der Waals surface area contributed by atoms with E-state index in [1.165, 1.54) is 0 Å². The van der Waals surface area contributed by atoms with Crippen molar-refractivity contribution in [2.24, 2.45) is 5.41 Å². The maximum Gasteiger partial charge on any atom is 0.145 e. The molecule has 0 aliphatic rings. The van der Waals surface area contributed by atoms with Gasteiger partial charge in [-0.3, -0.25) is 4.79 Å². The number of nitrogen functional groups attached to an aromatic ring is 1. The standard InChI is InChI=1S/C14H17NO2/c1-14(2,3)13(16)8-11-7-9-6-10(15)4-5-12(9)17-11/h4-7H,8,15H2,1-3H3. The molecule has 0 spiro atoms. The van der Waals surface area contributed by atoms with Crippen molar-refractivity contribution in [3.63, 3.8) is 0 Å². The molecule has 90 valence electrons. The molecular formula is C14H17NO2. The first-order valence-electron chi connectivity index (χ1n) is 5.67. The Morgan fingerprint density at radius 1 is 1.29 bits per heavy atom. The smallest absolute Gasteiger partial charge is 0.145 e. The van der Waals surface area contributed by atoms with Crippen LogP contribution in [0.25, 0.3) is 11.0 Å². The van der Waals surface area contributed by atoms with Gasteiger partial charge in [-0.15, -0.1) is 0 Å². The molecule has 0 aliphatic carbocycles. The summed E-state index contributed by atoms with van der Waals surface area (Å²) in [6.07, 6.45) is 0.331. The number of carbonyl (C=O) groups excluding carboxylic acids is 1. The van der Waals surface area contributed by atoms with Gasteiger partial charge in [0, 0.05) is 16.5 Å². The monoisotopic (exact) mass is 231 g/mol. The van der Waals surface area contributed by atoms with Crippen molar-refractivity contribution in [1.82, 2.24) is 0 Å². The van der Waals surface area contributed by atoms with Gasteiger partial charge < -0.3 is 10.2 Å². The Balaban J connectivity index is 2.29. The van der Waals surface area contributed by atoms with E-state index in [0.29, 0.717) is 17.9 Å². The first-order chi connectivity index (χ1) is 7.86. The Labute approximate surface area is 101 Å². The molecule has 0 bridgehead atoms. The van der Waals surface area contributed by atoms with Crippen LogP contribution in [0.1, 0.15) is 26.5 Å². The third kappa shape index (κ3) is 2.49. The highest BCUT2D eigenvalue weighted by Crippen LogP contribution is 2.24. The van der Waals surface area contributed by atoms with Crippen LogP contribution in [0.4, 0.5) is 5.69 Å². The average Bonchev–Trinajstić information content (AvgIpc) is 2.57. The molecule has 0 radical (unpaired) electrons. The Hall–Kier alpha value is -1.77. The molecule has 17 heavy (non-hydrogen) atoms. The van der Waals surface area contributed by atoms with Crippen LogP contribution in [-0.2, 0) is 11.2 Å². The van der Waals surface area contributed by atoms with Crippen molar-refractivity contribution in [3.8, 4) is 0 Å². The summed E-state index contributed by atoms with van der Waals surface area (Å²) in [5.41, 5.74) is 6.83. The molecule has 2 N–H and O–H groups in total. The number of hydrogen-bond donors (Lipinski definition) is 1. The third-order valence-electron chi connectivity index (χ3n) is 2.76. The van der Waals surface area contributed by atoms with Crippen molar-refractivity contribution in [1.29, 1.82) is 0 Å². The zero-order valence-electron chi connectivity index (χ0n) is 10.4. The van der Waals surface area contributed by atoms with Crippen LogP contribution in [0.15, 0.2) is 28.7 Å². The summed E-state index contributed by atoms with van der Waals surface area (Å²) in [5, 5.41) is 0.946. The van der Waals surface area contributed by atoms with Crippen molar-refractivity contribution in [3.05, 3.63) is 30.0 Å². The van der Waals surface area contributed by atoms with Gasteiger partial charge in [0.05, 0.1) is 6.42 Å². The van der Waals surface area contributed by atoms with Gasteiger partial charge in [-0.1, -0.05) is 20.8 Å². The molecule has 0 saturated carbocycles. The number of carbonyl (C=O) groups is 1. The number of nitrogens with two attached hydrogens (primary N) is 1. The van der Waals surface area contributed by atoms with Gasteiger partial charge in [-0.25, -0.2) is 0 Å². The predicted molar refractivity (Wildman–Crippen MR) is 68.8 cm³/mol. The second kappa shape index (κ2) is 3.91. The van der Waals surface area contributed by atoms with Crippen LogP contribution in [-0.4, -0.2) is 5.78 Å². The SMILES string of the molecule is CC(C)(C)C(=O)Cc1cc2cc(N)ccc2o1. The number of rotatable bonds is 2. The number of ketones is 1. The van der Waals surface area contributed by atoms with E-state index in [2.05, 4.69) is 0 Å². The van der Waals surface area contributed by atoms with E-state index in [4.69, 9.17) is 10.2 Å². The summed E-state index contributed by atoms with van der Waals surface area (Å²) in [4.78, 5) is 11.9. The van der Waals surface area contributed by atoms with E-state index in [-0.39, 0.29) is 11.2 Å². The average molecular weight is 231 g/mol. The molecule has 0 amide bonds. The maximum atomic E-state index is 11.9. The number of fused-ring (bicyclic) bond motifs is 1. The summed E-state index contributed by atoms with van der Waals surface area (Å²) in [6, 6.07) is 7.36. The second-order valence-corrected chi connectivity index (χ2v) is 5.36. The Kier molecular flexibility index (Phi) is 2.69. The highest BCUT2D eigenvalue weighted by molar-refractivity contribution is 5.87. The van der Waals surface area contributed by atoms with Gasteiger partial charge in [0.1, 0.15) is 17.1 Å². The van der Waals surface area contributed by atoms with E-state index in [0.717, 1.165) is 11.0 Å². The highest BCUT2D eigenvalue weighted by atomic mass is 16.3. The summed E-state index contributed by atoms with van der Waals surface area (Å²) in [7, 11) is 0. The van der Waals surface area contributed by atoms with E-state index in [1.807, 2.05) is 39.0 Å². The summed E-state index contributed by atoms with van der Waals surface area (Å²) < 4.78 is 5.61. The first-order valence-corrected chi connectivity index (χ1v) is 5.67. The lowest BCUT2D eigenvalue weighted by molar-refractivity contribution is -0.125. The minimum Gasteiger partial charge on any atom is -0.461 e. The molecular weight excluding hydrogens is 214 g/mol. The number of benzene rings is 1. The van der Waals surface area contributed by atoms with Crippen molar-refractivity contribution in [2.75, 3.05) is 5.73 Å². The molecule has 0 atom stereocenters. The van der Waals surface area contributed by atoms with E-state index < -0.39 is 0 Å². The largest absolute Gasteiger partial charge is 0.461 e. The predicted octanol–water partition coefficient (Wildman–Crippen LogP) is 3.17. The summed E-state index contributed by atoms with van der Waals surface area (Å²) >= 11 is 0. The molecule has 1 heterocycles. The summed E-state index contributed by atoms with van der Waals surface area (Å²) in [6.45, 7) is 5.74. The molecule has 1 aromatic heterocycles. The molecule has 3 nitrogen and oxygen atoms in total. The molecule has 0 saturated heterocycles. The normalized spacial score (nSPS) is 11.9. The van der Waals surface area contributed by atoms with Crippen molar-refractivity contribution < 1.29 is 9.21 Å². The number of hydrogen-bond acceptors (Lipinski definition) is 3. The topological polar surface area (TPSA) is 56.2 Å². The first kappa shape index (κ1) is 11.7. The molecule has 0 fully saturated rings. The third-order valence-corrected chi connectivity index (χ3v) is 2.76. The second-order valence-electron chi connectivity index (χ2n) is 5.36. The van der Waals surface area contributed by atoms with Crippen molar-refractivity contribution >= 4 is 22.4 Å². The fourth-order valence-corrected chi connectivity index (χ4v) is 1.63. The zero-order valence-corrected chi connectivity index (χ0v) is 10.4. The Bertz CT molecular complexity index is 561. The van der Waals surface area contributed by atoms with E-state index >= 15 is 0 Å². The highest BCUT2D eigenvalue weighted by Gasteiger charge is 2.22. The Morgan fingerprint density at radius 2 is 2.00 bits per heavy atom. The lowest BCUT2D eigenvalue weighted by Crippen LogP contribution is -2.21. The minimum absolute atomic E-state index is 0.171. The van der Waals surface area contributed by atoms with Crippen LogP contribution in [0.3, 0.4) is 0 Å². The summed E-state index contributed by atoms with van der Waals surface area (Å²) in [5.74, 6) is 0.870. The number of Topliss-reactive ketones (excluding diaryl/α,β-unsaturated/α-hetero) is 1. The quantitative estimate of drug-likeness (QED) is 0.807. The van der Waals surface area contributed by atoms with Gasteiger partial charge in [0.25, 0.3) is 0 Å². The minimum atomic E-state index is -0.335. The van der Waals surface area contributed by atoms with Gasteiger partial charge in [0.2, 0.25) is 0 Å². The van der Waals surface area contributed by atoms with Crippen LogP contribution >= 0.6 is 0 Å². The van der Waals surface area contributed by atoms with Gasteiger partial charge in [0.15, 0.2) is 0 Å². The fraction of sp³-hybridized carbons (Fsp3) is 0.357. The zero-order chi connectivity index (χ0) is 12.6. The molecule has 0 unspecified atom stereocenters. The molecule has 1 aromatic carbocycles. The molecule has 0 aliphatic heterocycles. The van der Waals surface area contributed by atoms with Crippen LogP contribution < -0.4 is 5.73 Å². The van der Waals surface area contributed by atoms with Crippen LogP contribution in [0.5, 0.6) is 0 Å². The molecule has 3 heteroatoms. The van der Waals surface area contributed by atoms with Crippen LogP contribution in [0.2, 0.25) is 0 Å². The number of anilines is 1. The lowest BCUT2D eigenvalue weighted by Gasteiger charge is -2.15. The van der Waals surface area contributed by atoms with Gasteiger partial charge in [-0.05, 0) is 24.3 Å². The molecule has 2 aromatic rings. The van der Waals surface area contributed by atoms with E-state index in [9.17, 15) is 4.79 Å². The van der Waals surface area contributed by atoms with Crippen molar-refractivity contribution in [2.45, 2.75) is 27.2 Å². The van der Waals surface area contributed by atoms with Crippen LogP contribution in [0, 0.1) is 5.41 Å².